The van der Waals surface area contributed by atoms with E-state index in [1.54, 1.807) is 12.1 Å². The molecule has 16 heavy (non-hydrogen) atoms. The van der Waals surface area contributed by atoms with Gasteiger partial charge in [-0.3, -0.25) is 4.90 Å². The first-order chi connectivity index (χ1) is 7.49. The number of halogens is 1. The molecule has 0 aliphatic rings. The summed E-state index contributed by atoms with van der Waals surface area (Å²) >= 11 is 5.87. The van der Waals surface area contributed by atoms with Gasteiger partial charge in [0.2, 0.25) is 0 Å². The lowest BCUT2D eigenvalue weighted by Crippen LogP contribution is -2.26. The highest BCUT2D eigenvalue weighted by atomic mass is 35.5. The molecule has 0 aromatic heterocycles. The van der Waals surface area contributed by atoms with E-state index in [0.29, 0.717) is 11.6 Å². The van der Waals surface area contributed by atoms with Crippen LogP contribution in [0, 0.1) is 0 Å². The fraction of sp³-hybridized carbons (Fsp3) is 0.385. The molecule has 88 valence electrons. The van der Waals surface area contributed by atoms with Crippen molar-refractivity contribution in [1.29, 1.82) is 0 Å². The Morgan fingerprint density at radius 1 is 1.56 bits per heavy atom. The summed E-state index contributed by atoms with van der Waals surface area (Å²) in [5.41, 5.74) is 1.93. The number of aliphatic hydroxyl groups is 1. The van der Waals surface area contributed by atoms with Crippen LogP contribution in [0.1, 0.15) is 18.6 Å². The Kier molecular flexibility index (Phi) is 5.00. The Bertz CT molecular complexity index is 365. The van der Waals surface area contributed by atoms with Crippen LogP contribution in [0.15, 0.2) is 36.4 Å². The summed E-state index contributed by atoms with van der Waals surface area (Å²) in [5, 5.41) is 10.7. The minimum absolute atomic E-state index is 0.511. The van der Waals surface area contributed by atoms with Gasteiger partial charge in [-0.2, -0.15) is 0 Å². The van der Waals surface area contributed by atoms with E-state index in [0.717, 1.165) is 17.7 Å². The van der Waals surface area contributed by atoms with Gasteiger partial charge in [0.15, 0.2) is 0 Å². The van der Waals surface area contributed by atoms with Crippen molar-refractivity contribution in [1.82, 2.24) is 4.90 Å². The maximum atomic E-state index is 10.00. The van der Waals surface area contributed by atoms with Gasteiger partial charge >= 0.3 is 0 Å². The minimum Gasteiger partial charge on any atom is -0.387 e. The van der Waals surface area contributed by atoms with Crippen molar-refractivity contribution >= 4 is 11.6 Å². The average molecular weight is 240 g/mol. The molecule has 1 aromatic carbocycles. The highest BCUT2D eigenvalue weighted by Crippen LogP contribution is 2.18. The lowest BCUT2D eigenvalue weighted by molar-refractivity contribution is 0.131. The number of aliphatic hydroxyl groups excluding tert-OH is 1. The van der Waals surface area contributed by atoms with E-state index in [1.807, 2.05) is 31.0 Å². The van der Waals surface area contributed by atoms with Crippen molar-refractivity contribution in [3.63, 3.8) is 0 Å². The van der Waals surface area contributed by atoms with Gasteiger partial charge in [0, 0.05) is 18.1 Å². The molecule has 0 saturated heterocycles. The Hall–Kier alpha value is -0.830. The highest BCUT2D eigenvalue weighted by molar-refractivity contribution is 6.30. The van der Waals surface area contributed by atoms with Crippen molar-refractivity contribution in [2.45, 2.75) is 13.0 Å². The first kappa shape index (κ1) is 13.2. The molecule has 2 nitrogen and oxygen atoms in total. The molecule has 0 saturated carbocycles. The number of hydrogen-bond donors (Lipinski definition) is 1. The van der Waals surface area contributed by atoms with E-state index in [4.69, 9.17) is 11.6 Å². The second-order valence-corrected chi connectivity index (χ2v) is 4.66. The quantitative estimate of drug-likeness (QED) is 0.799. The largest absolute Gasteiger partial charge is 0.387 e. The van der Waals surface area contributed by atoms with Gasteiger partial charge in [-0.1, -0.05) is 35.9 Å². The van der Waals surface area contributed by atoms with Gasteiger partial charge in [-0.15, -0.1) is 0 Å². The van der Waals surface area contributed by atoms with Crippen LogP contribution >= 0.6 is 11.6 Å². The molecule has 0 heterocycles. The van der Waals surface area contributed by atoms with Crippen molar-refractivity contribution in [2.75, 3.05) is 20.1 Å². The summed E-state index contributed by atoms with van der Waals surface area (Å²) in [7, 11) is 1.96. The molecule has 1 rings (SSSR count). The molecule has 1 N–H and O–H groups in total. The van der Waals surface area contributed by atoms with Crippen molar-refractivity contribution < 1.29 is 5.11 Å². The van der Waals surface area contributed by atoms with Gasteiger partial charge < -0.3 is 5.11 Å². The molecule has 3 heteroatoms. The van der Waals surface area contributed by atoms with Gasteiger partial charge in [0.05, 0.1) is 6.10 Å². The molecule has 0 radical (unpaired) electrons. The molecule has 0 fully saturated rings. The second-order valence-electron chi connectivity index (χ2n) is 4.22. The van der Waals surface area contributed by atoms with Crippen LogP contribution in [0.3, 0.4) is 0 Å². The lowest BCUT2D eigenvalue weighted by Gasteiger charge is -2.20. The number of likely N-dealkylation sites (N-methyl/N-ethyl adjacent to an activating group) is 1. The predicted molar refractivity (Wildman–Crippen MR) is 68.7 cm³/mol. The van der Waals surface area contributed by atoms with Crippen LogP contribution in [0.25, 0.3) is 0 Å². The van der Waals surface area contributed by atoms with Crippen LogP contribution < -0.4 is 0 Å². The smallest absolute Gasteiger partial charge is 0.0917 e. The van der Waals surface area contributed by atoms with Crippen molar-refractivity contribution in [2.24, 2.45) is 0 Å². The molecule has 1 atom stereocenters. The summed E-state index contributed by atoms with van der Waals surface area (Å²) in [4.78, 5) is 2.04. The van der Waals surface area contributed by atoms with Crippen LogP contribution in [0.5, 0.6) is 0 Å². The molecule has 1 unspecified atom stereocenters. The fourth-order valence-corrected chi connectivity index (χ4v) is 1.84. The van der Waals surface area contributed by atoms with E-state index in [1.165, 1.54) is 0 Å². The van der Waals surface area contributed by atoms with Crippen LogP contribution in [-0.2, 0) is 0 Å². The number of rotatable bonds is 5. The average Bonchev–Trinajstić information content (AvgIpc) is 2.16. The summed E-state index contributed by atoms with van der Waals surface area (Å²) in [6.45, 7) is 7.19. The third-order valence-electron chi connectivity index (χ3n) is 2.26. The highest BCUT2D eigenvalue weighted by Gasteiger charge is 2.10. The number of benzene rings is 1. The normalized spacial score (nSPS) is 12.8. The van der Waals surface area contributed by atoms with Crippen LogP contribution in [-0.4, -0.2) is 30.1 Å². The zero-order valence-corrected chi connectivity index (χ0v) is 10.5. The molecular weight excluding hydrogens is 222 g/mol. The summed E-state index contributed by atoms with van der Waals surface area (Å²) < 4.78 is 0. The maximum absolute atomic E-state index is 10.00. The van der Waals surface area contributed by atoms with E-state index in [-0.39, 0.29) is 0 Å². The van der Waals surface area contributed by atoms with Crippen LogP contribution in [0.4, 0.5) is 0 Å². The number of nitrogens with zero attached hydrogens (tertiary/aromatic N) is 1. The summed E-state index contributed by atoms with van der Waals surface area (Å²) in [6, 6.07) is 7.32. The van der Waals surface area contributed by atoms with E-state index in [2.05, 4.69) is 6.58 Å². The van der Waals surface area contributed by atoms with E-state index in [9.17, 15) is 5.11 Å². The van der Waals surface area contributed by atoms with Crippen LogP contribution in [0.2, 0.25) is 5.02 Å². The number of hydrogen-bond acceptors (Lipinski definition) is 2. The third kappa shape index (κ3) is 4.35. The maximum Gasteiger partial charge on any atom is 0.0917 e. The molecule has 0 aliphatic carbocycles. The first-order valence-corrected chi connectivity index (χ1v) is 5.63. The van der Waals surface area contributed by atoms with E-state index < -0.39 is 6.10 Å². The molecule has 0 spiro atoms. The molecular formula is C13H18ClNO. The van der Waals surface area contributed by atoms with Crippen molar-refractivity contribution in [3.05, 3.63) is 47.0 Å². The van der Waals surface area contributed by atoms with Gasteiger partial charge in [-0.05, 0) is 31.7 Å². The zero-order valence-electron chi connectivity index (χ0n) is 9.78. The summed E-state index contributed by atoms with van der Waals surface area (Å²) in [6.07, 6.45) is -0.511. The SMILES string of the molecule is C=C(C)CN(C)CC(O)c1cccc(Cl)c1. The minimum atomic E-state index is -0.511. The Morgan fingerprint density at radius 2 is 2.25 bits per heavy atom. The third-order valence-corrected chi connectivity index (χ3v) is 2.49. The zero-order chi connectivity index (χ0) is 12.1. The standard InChI is InChI=1S/C13H18ClNO/c1-10(2)8-15(3)9-13(16)11-5-4-6-12(14)7-11/h4-7,13,16H,1,8-9H2,2-3H3. The van der Waals surface area contributed by atoms with Gasteiger partial charge in [0.25, 0.3) is 0 Å². The molecule has 1 aromatic rings. The fourth-order valence-electron chi connectivity index (χ4n) is 1.64. The second kappa shape index (κ2) is 6.04. The molecule has 0 amide bonds. The van der Waals surface area contributed by atoms with Gasteiger partial charge in [0.1, 0.15) is 0 Å². The topological polar surface area (TPSA) is 23.5 Å². The molecule has 0 aliphatic heterocycles. The Labute approximate surface area is 102 Å². The Morgan fingerprint density at radius 3 is 2.81 bits per heavy atom. The van der Waals surface area contributed by atoms with E-state index >= 15 is 0 Å². The summed E-state index contributed by atoms with van der Waals surface area (Å²) in [5.74, 6) is 0. The Balaban J connectivity index is 2.58. The van der Waals surface area contributed by atoms with Crippen molar-refractivity contribution in [3.8, 4) is 0 Å². The lowest BCUT2D eigenvalue weighted by atomic mass is 10.1. The molecule has 0 bridgehead atoms. The predicted octanol–water partition coefficient (Wildman–Crippen LogP) is 2.88. The first-order valence-electron chi connectivity index (χ1n) is 5.25. The van der Waals surface area contributed by atoms with Gasteiger partial charge in [-0.25, -0.2) is 0 Å². The monoisotopic (exact) mass is 239 g/mol.